The summed E-state index contributed by atoms with van der Waals surface area (Å²) < 4.78 is 5.78. The number of benzene rings is 2. The Morgan fingerprint density at radius 2 is 1.79 bits per heavy atom. The zero-order chi connectivity index (χ0) is 22.9. The van der Waals surface area contributed by atoms with Gasteiger partial charge in [0.2, 0.25) is 0 Å². The molecule has 0 saturated heterocycles. The van der Waals surface area contributed by atoms with E-state index in [9.17, 15) is 14.7 Å². The van der Waals surface area contributed by atoms with E-state index < -0.39 is 17.9 Å². The number of aliphatic carboxylic acids is 1. The van der Waals surface area contributed by atoms with Gasteiger partial charge in [-0.05, 0) is 53.8 Å². The third kappa shape index (κ3) is 7.77. The van der Waals surface area contributed by atoms with Crippen LogP contribution in [0.2, 0.25) is 0 Å². The van der Waals surface area contributed by atoms with Crippen LogP contribution in [0.3, 0.4) is 0 Å². The van der Waals surface area contributed by atoms with Gasteiger partial charge in [-0.3, -0.25) is 4.79 Å². The summed E-state index contributed by atoms with van der Waals surface area (Å²) in [6.45, 7) is 2.91. The van der Waals surface area contributed by atoms with Crippen LogP contribution in [0.5, 0.6) is 0 Å². The fourth-order valence-corrected chi connectivity index (χ4v) is 4.69. The van der Waals surface area contributed by atoms with E-state index in [4.69, 9.17) is 4.74 Å². The summed E-state index contributed by atoms with van der Waals surface area (Å²) in [4.78, 5) is 26.1. The Morgan fingerprint density at radius 1 is 1.09 bits per heavy atom. The molecule has 2 unspecified atom stereocenters. The minimum absolute atomic E-state index is 0. The van der Waals surface area contributed by atoms with E-state index in [0.29, 0.717) is 18.8 Å². The number of aryl methyl sites for hydroxylation is 1. The third-order valence-electron chi connectivity index (χ3n) is 5.17. The van der Waals surface area contributed by atoms with Crippen molar-refractivity contribution < 1.29 is 39.7 Å². The van der Waals surface area contributed by atoms with Crippen LogP contribution in [0.1, 0.15) is 28.6 Å². The fraction of sp³-hybridized carbons (Fsp3) is 0.280. The molecule has 0 aliphatic heterocycles. The normalized spacial score (nSPS) is 12.4. The first-order valence-corrected chi connectivity index (χ1v) is 12.5. The Labute approximate surface area is 216 Å². The minimum Gasteiger partial charge on any atom is -1.00 e. The molecule has 2 aromatic carbocycles. The van der Waals surface area contributed by atoms with Crippen LogP contribution in [-0.4, -0.2) is 41.1 Å². The summed E-state index contributed by atoms with van der Waals surface area (Å²) in [5.74, 6) is -1.44. The van der Waals surface area contributed by atoms with Crippen molar-refractivity contribution in [2.45, 2.75) is 31.2 Å². The predicted octanol–water partition coefficient (Wildman–Crippen LogP) is 2.36. The van der Waals surface area contributed by atoms with Gasteiger partial charge in [0.15, 0.2) is 0 Å². The van der Waals surface area contributed by atoms with E-state index in [1.54, 1.807) is 35.2 Å². The molecule has 3 aromatic rings. The molecule has 0 saturated carbocycles. The maximum absolute atomic E-state index is 13.1. The second kappa shape index (κ2) is 13.6. The van der Waals surface area contributed by atoms with Gasteiger partial charge in [-0.1, -0.05) is 48.5 Å². The van der Waals surface area contributed by atoms with E-state index in [1.807, 2.05) is 67.1 Å². The van der Waals surface area contributed by atoms with Crippen molar-refractivity contribution in [2.24, 2.45) is 0 Å². The van der Waals surface area contributed by atoms with Crippen LogP contribution in [0.15, 0.2) is 66.0 Å². The molecule has 0 radical (unpaired) electrons. The number of rotatable bonds is 11. The van der Waals surface area contributed by atoms with Crippen molar-refractivity contribution in [3.63, 3.8) is 0 Å². The molecule has 2 N–H and O–H groups in total. The second-order valence-corrected chi connectivity index (χ2v) is 9.58. The number of carboxylic acid groups (broad SMARTS) is 1. The molecule has 1 aromatic heterocycles. The summed E-state index contributed by atoms with van der Waals surface area (Å²) in [6, 6.07) is 18.1. The molecule has 33 heavy (non-hydrogen) atoms. The summed E-state index contributed by atoms with van der Waals surface area (Å²) in [5.41, 5.74) is 3.25. The Morgan fingerprint density at radius 3 is 2.42 bits per heavy atom. The first-order valence-electron chi connectivity index (χ1n) is 10.3. The number of hydrogen-bond acceptors (Lipinski definition) is 5. The topological polar surface area (TPSA) is 75.6 Å². The van der Waals surface area contributed by atoms with E-state index in [2.05, 4.69) is 5.32 Å². The standard InChI is InChI=1S/C25H27NO4S2.Li.H/c1-17-8-3-4-10-20(17)21-11-5-6-12-22(21)24(27)26-23(25(28)29)14-19(31-2)16-30-15-18-9-7-13-32-18;;/h3-13,19,23H,14-16H2,1-2H3,(H,26,27)(H,28,29);;/q;+1;-1. The first-order chi connectivity index (χ1) is 15.5. The van der Waals surface area contributed by atoms with Gasteiger partial charge in [0.05, 0.1) is 13.2 Å². The number of ether oxygens (including phenoxy) is 1. The third-order valence-corrected chi connectivity index (χ3v) is 7.02. The van der Waals surface area contributed by atoms with Gasteiger partial charge in [0.25, 0.3) is 5.91 Å². The van der Waals surface area contributed by atoms with Crippen LogP contribution in [0.25, 0.3) is 11.1 Å². The van der Waals surface area contributed by atoms with Crippen LogP contribution >= 0.6 is 23.1 Å². The monoisotopic (exact) mass is 477 g/mol. The van der Waals surface area contributed by atoms with E-state index in [1.165, 1.54) is 0 Å². The quantitative estimate of drug-likeness (QED) is 0.415. The van der Waals surface area contributed by atoms with E-state index in [-0.39, 0.29) is 32.0 Å². The fourth-order valence-electron chi connectivity index (χ4n) is 3.43. The summed E-state index contributed by atoms with van der Waals surface area (Å²) in [6.07, 6.45) is 2.20. The van der Waals surface area contributed by atoms with Gasteiger partial charge in [-0.15, -0.1) is 11.3 Å². The number of hydrogen-bond donors (Lipinski definition) is 2. The van der Waals surface area contributed by atoms with Gasteiger partial charge in [0, 0.05) is 15.7 Å². The van der Waals surface area contributed by atoms with Crippen molar-refractivity contribution in [1.29, 1.82) is 0 Å². The molecular weight excluding hydrogens is 449 g/mol. The van der Waals surface area contributed by atoms with Crippen LogP contribution in [0, 0.1) is 6.92 Å². The molecule has 0 fully saturated rings. The van der Waals surface area contributed by atoms with Crippen LogP contribution in [0.4, 0.5) is 0 Å². The van der Waals surface area contributed by atoms with E-state index in [0.717, 1.165) is 21.6 Å². The average molecular weight is 478 g/mol. The largest absolute Gasteiger partial charge is 1.00 e. The molecule has 1 heterocycles. The first kappa shape index (κ1) is 27.2. The molecule has 2 atom stereocenters. The smallest absolute Gasteiger partial charge is 1.00 e. The SMILES string of the molecule is CSC(COCc1cccs1)CC(NC(=O)c1ccccc1-c1ccccc1C)C(=O)O.[H-].[Li+]. The molecule has 0 bridgehead atoms. The summed E-state index contributed by atoms with van der Waals surface area (Å²) >= 11 is 3.17. The molecule has 0 spiro atoms. The maximum atomic E-state index is 13.1. The van der Waals surface area contributed by atoms with Crippen molar-refractivity contribution in [2.75, 3.05) is 12.9 Å². The van der Waals surface area contributed by atoms with Gasteiger partial charge < -0.3 is 16.6 Å². The minimum atomic E-state index is -1.05. The molecule has 1 amide bonds. The number of amides is 1. The molecule has 8 heteroatoms. The predicted molar refractivity (Wildman–Crippen MR) is 133 cm³/mol. The second-order valence-electron chi connectivity index (χ2n) is 7.41. The van der Waals surface area contributed by atoms with Gasteiger partial charge in [-0.25, -0.2) is 4.79 Å². The zero-order valence-corrected chi connectivity index (χ0v) is 20.7. The van der Waals surface area contributed by atoms with Crippen LogP contribution in [-0.2, 0) is 16.1 Å². The zero-order valence-electron chi connectivity index (χ0n) is 20.1. The number of carboxylic acids is 1. The van der Waals surface area contributed by atoms with Crippen LogP contribution < -0.4 is 24.2 Å². The number of carbonyl (C=O) groups is 2. The summed E-state index contributed by atoms with van der Waals surface area (Å²) in [7, 11) is 0. The van der Waals surface area contributed by atoms with Gasteiger partial charge in [0.1, 0.15) is 6.04 Å². The Bertz CT molecular complexity index is 1050. The van der Waals surface area contributed by atoms with Gasteiger partial charge >= 0.3 is 24.8 Å². The maximum Gasteiger partial charge on any atom is 1.00 e. The molecule has 5 nitrogen and oxygen atoms in total. The van der Waals surface area contributed by atoms with Crippen molar-refractivity contribution in [1.82, 2.24) is 5.32 Å². The molecule has 0 aliphatic rings. The number of thiophene rings is 1. The molecule has 0 aliphatic carbocycles. The Balaban J connectivity index is 0.00000289. The number of carbonyl (C=O) groups excluding carboxylic acids is 1. The van der Waals surface area contributed by atoms with Crippen molar-refractivity contribution in [3.8, 4) is 11.1 Å². The van der Waals surface area contributed by atoms with Gasteiger partial charge in [-0.2, -0.15) is 11.8 Å². The van der Waals surface area contributed by atoms with E-state index >= 15 is 0 Å². The van der Waals surface area contributed by atoms with Crippen molar-refractivity contribution >= 4 is 35.0 Å². The Kier molecular flexibility index (Phi) is 11.3. The average Bonchev–Trinajstić information content (AvgIpc) is 3.31. The number of thioether (sulfide) groups is 1. The molecular formula is C25H28LiNO4S2. The summed E-state index contributed by atoms with van der Waals surface area (Å²) in [5, 5.41) is 14.4. The van der Waals surface area contributed by atoms with Crippen molar-refractivity contribution in [3.05, 3.63) is 82.0 Å². The number of nitrogens with one attached hydrogen (secondary N) is 1. The Hall–Kier alpha value is -2.01. The molecule has 170 valence electrons. The molecule has 3 rings (SSSR count).